The van der Waals surface area contributed by atoms with Crippen molar-refractivity contribution in [1.82, 2.24) is 0 Å². The van der Waals surface area contributed by atoms with Crippen molar-refractivity contribution in [2.24, 2.45) is 0 Å². The van der Waals surface area contributed by atoms with E-state index in [9.17, 15) is 10.1 Å². The summed E-state index contributed by atoms with van der Waals surface area (Å²) in [6, 6.07) is 15.6. The molecule has 0 saturated heterocycles. The highest BCUT2D eigenvalue weighted by Gasteiger charge is 2.12. The first-order chi connectivity index (χ1) is 21.2. The van der Waals surface area contributed by atoms with Crippen LogP contribution in [0, 0.1) is 22.7 Å². The number of thiophene rings is 1. The van der Waals surface area contributed by atoms with Gasteiger partial charge < -0.3 is 10.0 Å². The number of hydrogen-bond donors (Lipinski definition) is 1. The van der Waals surface area contributed by atoms with Crippen molar-refractivity contribution in [3.8, 4) is 12.1 Å². The minimum absolute atomic E-state index is 0.300. The van der Waals surface area contributed by atoms with Gasteiger partial charge in [-0.15, -0.1) is 11.3 Å². The summed E-state index contributed by atoms with van der Waals surface area (Å²) in [6.07, 6.45) is 23.3. The molecular weight excluding hydrogens is 563 g/mol. The van der Waals surface area contributed by atoms with Gasteiger partial charge in [-0.3, -0.25) is 0 Å². The van der Waals surface area contributed by atoms with Crippen LogP contribution in [0.1, 0.15) is 43.0 Å². The van der Waals surface area contributed by atoms with Gasteiger partial charge >= 0.3 is 5.97 Å². The Labute approximate surface area is 265 Å². The van der Waals surface area contributed by atoms with E-state index in [-0.39, 0.29) is 5.57 Å². The Morgan fingerprint density at radius 2 is 1.68 bits per heavy atom. The third-order valence-electron chi connectivity index (χ3n) is 6.31. The molecule has 0 aliphatic heterocycles. The van der Waals surface area contributed by atoms with Gasteiger partial charge in [-0.1, -0.05) is 91.1 Å². The van der Waals surface area contributed by atoms with Crippen molar-refractivity contribution in [3.05, 3.63) is 160 Å². The first-order valence-electron chi connectivity index (χ1n) is 13.9. The van der Waals surface area contributed by atoms with Crippen molar-refractivity contribution in [2.75, 3.05) is 4.90 Å². The first kappa shape index (κ1) is 34.8. The number of nitrogens with zero attached hydrogens (tertiary/aromatic N) is 3. The Morgan fingerprint density at radius 1 is 0.955 bits per heavy atom. The number of anilines is 1. The topological polar surface area (TPSA) is 88.1 Å². The summed E-state index contributed by atoms with van der Waals surface area (Å²) >= 11 is 1.40. The molecule has 2 rings (SSSR count). The Kier molecular flexibility index (Phi) is 14.4. The van der Waals surface area contributed by atoms with Gasteiger partial charge in [0.25, 0.3) is 0 Å². The molecule has 222 valence electrons. The summed E-state index contributed by atoms with van der Waals surface area (Å²) in [7, 11) is 0. The quantitative estimate of drug-likeness (QED) is 0.133. The molecule has 0 fully saturated rings. The van der Waals surface area contributed by atoms with Gasteiger partial charge in [0.2, 0.25) is 0 Å². The van der Waals surface area contributed by atoms with E-state index >= 15 is 0 Å². The largest absolute Gasteiger partial charge is 0.477 e. The molecule has 0 saturated carbocycles. The van der Waals surface area contributed by atoms with Crippen LogP contribution in [-0.4, -0.2) is 11.1 Å². The SMILES string of the molecule is C=C/C=C\C(=C/C)N(/C(C)=C/C=C(C)/C=C/C=C(/C)C=C)c1ccc(/C=C(\C#N)c2ccc(C/C=C(\C#N)C(=O)O)s2)cc1. The number of allylic oxidation sites excluding steroid dienone is 15. The fraction of sp³-hybridized carbons (Fsp3) is 0.132. The van der Waals surface area contributed by atoms with Crippen molar-refractivity contribution < 1.29 is 9.90 Å². The van der Waals surface area contributed by atoms with E-state index in [2.05, 4.69) is 56.2 Å². The zero-order valence-electron chi connectivity index (χ0n) is 25.6. The Bertz CT molecular complexity index is 1690. The molecule has 0 amide bonds. The van der Waals surface area contributed by atoms with E-state index in [0.717, 1.165) is 43.5 Å². The highest BCUT2D eigenvalue weighted by molar-refractivity contribution is 7.13. The van der Waals surface area contributed by atoms with Crippen LogP contribution in [0.15, 0.2) is 145 Å². The average molecular weight is 600 g/mol. The maximum atomic E-state index is 11.1. The van der Waals surface area contributed by atoms with Crippen molar-refractivity contribution in [1.29, 1.82) is 10.5 Å². The van der Waals surface area contributed by atoms with E-state index in [1.54, 1.807) is 12.1 Å². The molecule has 0 atom stereocenters. The number of nitriles is 2. The maximum absolute atomic E-state index is 11.1. The van der Waals surface area contributed by atoms with Crippen LogP contribution in [0.4, 0.5) is 5.69 Å². The van der Waals surface area contributed by atoms with Crippen molar-refractivity contribution in [2.45, 2.75) is 34.1 Å². The fourth-order valence-corrected chi connectivity index (χ4v) is 4.82. The van der Waals surface area contributed by atoms with Crippen LogP contribution in [0.25, 0.3) is 11.6 Å². The summed E-state index contributed by atoms with van der Waals surface area (Å²) in [5.74, 6) is -1.25. The predicted octanol–water partition coefficient (Wildman–Crippen LogP) is 9.88. The molecular formula is C38H37N3O2S. The second-order valence-electron chi connectivity index (χ2n) is 9.60. The van der Waals surface area contributed by atoms with Crippen LogP contribution in [-0.2, 0) is 11.2 Å². The number of benzene rings is 1. The number of aliphatic carboxylic acids is 1. The fourth-order valence-electron chi connectivity index (χ4n) is 3.89. The molecule has 0 aliphatic rings. The lowest BCUT2D eigenvalue weighted by atomic mass is 10.1. The van der Waals surface area contributed by atoms with E-state index in [1.165, 1.54) is 17.4 Å². The van der Waals surface area contributed by atoms with Crippen molar-refractivity contribution >= 4 is 34.6 Å². The second-order valence-corrected chi connectivity index (χ2v) is 10.8. The smallest absolute Gasteiger partial charge is 0.346 e. The highest BCUT2D eigenvalue weighted by Crippen LogP contribution is 2.29. The number of carboxylic acids is 1. The molecule has 0 radical (unpaired) electrons. The maximum Gasteiger partial charge on any atom is 0.346 e. The van der Waals surface area contributed by atoms with Crippen LogP contribution >= 0.6 is 11.3 Å². The first-order valence-corrected chi connectivity index (χ1v) is 14.7. The average Bonchev–Trinajstić information content (AvgIpc) is 3.50. The summed E-state index contributed by atoms with van der Waals surface area (Å²) in [5.41, 5.74) is 6.22. The van der Waals surface area contributed by atoms with Crippen LogP contribution in [0.3, 0.4) is 0 Å². The zero-order valence-corrected chi connectivity index (χ0v) is 26.4. The molecule has 0 bridgehead atoms. The molecule has 0 aliphatic carbocycles. The standard InChI is InChI=1S/C38H37N3O2S/c1-7-10-14-34(9-3)41(30(6)16-15-29(5)13-11-12-28(4)8-2)35-20-17-31(18-21-35)25-33(27-40)37-24-23-36(44-37)22-19-32(26-39)38(42)43/h7-21,23-25H,1-2,22H2,3-6H3,(H,42,43)/b13-11+,14-10-,28-12-,29-15+,30-16+,32-19+,33-25+,34-9+. The normalized spacial score (nSPS) is 13.6. The molecule has 44 heavy (non-hydrogen) atoms. The van der Waals surface area contributed by atoms with Crippen molar-refractivity contribution in [3.63, 3.8) is 0 Å². The lowest BCUT2D eigenvalue weighted by Crippen LogP contribution is -2.19. The third-order valence-corrected chi connectivity index (χ3v) is 7.45. The summed E-state index contributed by atoms with van der Waals surface area (Å²) in [4.78, 5) is 14.9. The number of carboxylic acid groups (broad SMARTS) is 1. The van der Waals surface area contributed by atoms with Gasteiger partial charge in [0.05, 0.1) is 5.57 Å². The number of rotatable bonds is 14. The lowest BCUT2D eigenvalue weighted by molar-refractivity contribution is -0.132. The predicted molar refractivity (Wildman–Crippen MR) is 185 cm³/mol. The molecule has 6 heteroatoms. The molecule has 5 nitrogen and oxygen atoms in total. The molecule has 0 unspecified atom stereocenters. The molecule has 1 aromatic carbocycles. The number of hydrogen-bond acceptors (Lipinski definition) is 5. The summed E-state index contributed by atoms with van der Waals surface area (Å²) < 4.78 is 0. The molecule has 1 aromatic heterocycles. The van der Waals surface area contributed by atoms with Crippen LogP contribution in [0.5, 0.6) is 0 Å². The molecule has 1 N–H and O–H groups in total. The molecule has 0 spiro atoms. The minimum atomic E-state index is -1.25. The second kappa shape index (κ2) is 18.2. The van der Waals surface area contributed by atoms with E-state index in [0.29, 0.717) is 12.0 Å². The van der Waals surface area contributed by atoms with E-state index in [1.807, 2.05) is 92.8 Å². The van der Waals surface area contributed by atoms with Gasteiger partial charge in [0.1, 0.15) is 17.7 Å². The van der Waals surface area contributed by atoms with Gasteiger partial charge in [-0.05, 0) is 75.8 Å². The Hall–Kier alpha value is -5.43. The van der Waals surface area contributed by atoms with Crippen LogP contribution in [0.2, 0.25) is 0 Å². The Morgan fingerprint density at radius 3 is 2.27 bits per heavy atom. The van der Waals surface area contributed by atoms with Gasteiger partial charge in [-0.25, -0.2) is 4.79 Å². The van der Waals surface area contributed by atoms with Gasteiger partial charge in [0, 0.05) is 33.3 Å². The molecule has 1 heterocycles. The Balaban J connectivity index is 2.40. The van der Waals surface area contributed by atoms with Gasteiger partial charge in [0.15, 0.2) is 0 Å². The minimum Gasteiger partial charge on any atom is -0.477 e. The third kappa shape index (κ3) is 10.8. The van der Waals surface area contributed by atoms with E-state index < -0.39 is 5.97 Å². The zero-order chi connectivity index (χ0) is 32.5. The number of carbonyl (C=O) groups is 1. The summed E-state index contributed by atoms with van der Waals surface area (Å²) in [6.45, 7) is 15.7. The van der Waals surface area contributed by atoms with E-state index in [4.69, 9.17) is 10.4 Å². The summed E-state index contributed by atoms with van der Waals surface area (Å²) in [5, 5.41) is 27.9. The van der Waals surface area contributed by atoms with Gasteiger partial charge in [-0.2, -0.15) is 10.5 Å². The highest BCUT2D eigenvalue weighted by atomic mass is 32.1. The monoisotopic (exact) mass is 599 g/mol. The van der Waals surface area contributed by atoms with Crippen LogP contribution < -0.4 is 4.90 Å². The molecule has 2 aromatic rings. The lowest BCUT2D eigenvalue weighted by Gasteiger charge is -2.27.